The summed E-state index contributed by atoms with van der Waals surface area (Å²) in [6.45, 7) is 1.77. The molecular formula is C10H18N2O2. The Morgan fingerprint density at radius 1 is 1.43 bits per heavy atom. The summed E-state index contributed by atoms with van der Waals surface area (Å²) in [5, 5.41) is 12.5. The number of likely N-dealkylation sites (tertiary alicyclic amines) is 1. The Morgan fingerprint density at radius 3 is 2.71 bits per heavy atom. The number of hydrogen-bond acceptors (Lipinski definition) is 3. The van der Waals surface area contributed by atoms with E-state index in [4.69, 9.17) is 5.11 Å². The molecule has 1 aliphatic carbocycles. The molecule has 0 amide bonds. The first-order chi connectivity index (χ1) is 6.66. The molecule has 14 heavy (non-hydrogen) atoms. The molecule has 0 aromatic heterocycles. The van der Waals surface area contributed by atoms with Crippen LogP contribution in [-0.2, 0) is 4.79 Å². The van der Waals surface area contributed by atoms with Crippen molar-refractivity contribution in [3.8, 4) is 0 Å². The Labute approximate surface area is 84.3 Å². The first-order valence-corrected chi connectivity index (χ1v) is 5.34. The topological polar surface area (TPSA) is 52.6 Å². The van der Waals surface area contributed by atoms with Crippen molar-refractivity contribution in [2.45, 2.75) is 31.3 Å². The van der Waals surface area contributed by atoms with E-state index in [9.17, 15) is 4.79 Å². The first kappa shape index (κ1) is 9.93. The number of rotatable bonds is 3. The van der Waals surface area contributed by atoms with Crippen molar-refractivity contribution in [1.82, 2.24) is 10.2 Å². The standard InChI is InChI=1S/C10H18N2O2/c1-12-5-4-8(10(13)14)9(6-12)11-7-2-3-7/h7-9,11H,2-6H2,1H3,(H,13,14). The maximum atomic E-state index is 11.0. The van der Waals surface area contributed by atoms with Crippen LogP contribution in [0.1, 0.15) is 19.3 Å². The minimum atomic E-state index is -0.642. The van der Waals surface area contributed by atoms with Crippen LogP contribution >= 0.6 is 0 Å². The highest BCUT2D eigenvalue weighted by molar-refractivity contribution is 5.71. The third-order valence-electron chi connectivity index (χ3n) is 3.16. The van der Waals surface area contributed by atoms with E-state index in [1.165, 1.54) is 12.8 Å². The number of aliphatic carboxylic acids is 1. The van der Waals surface area contributed by atoms with Crippen molar-refractivity contribution in [3.63, 3.8) is 0 Å². The van der Waals surface area contributed by atoms with Gasteiger partial charge >= 0.3 is 5.97 Å². The molecule has 2 rings (SSSR count). The van der Waals surface area contributed by atoms with Crippen LogP contribution in [0.25, 0.3) is 0 Å². The van der Waals surface area contributed by atoms with E-state index >= 15 is 0 Å². The number of nitrogens with one attached hydrogen (secondary N) is 1. The minimum absolute atomic E-state index is 0.152. The largest absolute Gasteiger partial charge is 0.481 e. The van der Waals surface area contributed by atoms with Gasteiger partial charge < -0.3 is 15.3 Å². The molecule has 1 heterocycles. The van der Waals surface area contributed by atoms with Crippen molar-refractivity contribution in [1.29, 1.82) is 0 Å². The Hall–Kier alpha value is -0.610. The van der Waals surface area contributed by atoms with Gasteiger partial charge in [-0.3, -0.25) is 4.79 Å². The van der Waals surface area contributed by atoms with E-state index in [1.54, 1.807) is 0 Å². The van der Waals surface area contributed by atoms with E-state index in [0.29, 0.717) is 6.04 Å². The number of likely N-dealkylation sites (N-methyl/N-ethyl adjacent to an activating group) is 1. The van der Waals surface area contributed by atoms with Gasteiger partial charge in [-0.15, -0.1) is 0 Å². The molecule has 2 unspecified atom stereocenters. The van der Waals surface area contributed by atoms with Gasteiger partial charge in [-0.25, -0.2) is 0 Å². The van der Waals surface area contributed by atoms with Crippen LogP contribution in [0.5, 0.6) is 0 Å². The molecule has 2 N–H and O–H groups in total. The van der Waals surface area contributed by atoms with Gasteiger partial charge in [0.05, 0.1) is 5.92 Å². The maximum Gasteiger partial charge on any atom is 0.308 e. The Balaban J connectivity index is 1.94. The zero-order valence-electron chi connectivity index (χ0n) is 8.57. The molecule has 2 atom stereocenters. The van der Waals surface area contributed by atoms with Crippen LogP contribution in [0.4, 0.5) is 0 Å². The van der Waals surface area contributed by atoms with E-state index in [1.807, 2.05) is 0 Å². The number of carbonyl (C=O) groups is 1. The van der Waals surface area contributed by atoms with Gasteiger partial charge in [0.2, 0.25) is 0 Å². The van der Waals surface area contributed by atoms with Gasteiger partial charge in [-0.05, 0) is 32.9 Å². The molecule has 4 nitrogen and oxygen atoms in total. The van der Waals surface area contributed by atoms with E-state index in [0.717, 1.165) is 19.5 Å². The lowest BCUT2D eigenvalue weighted by Crippen LogP contribution is -2.52. The molecule has 1 aliphatic heterocycles. The smallest absolute Gasteiger partial charge is 0.308 e. The summed E-state index contributed by atoms with van der Waals surface area (Å²) in [6.07, 6.45) is 3.20. The van der Waals surface area contributed by atoms with Gasteiger partial charge in [-0.1, -0.05) is 0 Å². The monoisotopic (exact) mass is 198 g/mol. The molecule has 0 bridgehead atoms. The lowest BCUT2D eigenvalue weighted by molar-refractivity contribution is -0.144. The second-order valence-corrected chi connectivity index (χ2v) is 4.54. The molecule has 1 saturated carbocycles. The third-order valence-corrected chi connectivity index (χ3v) is 3.16. The Kier molecular flexibility index (Phi) is 2.74. The summed E-state index contributed by atoms with van der Waals surface area (Å²) in [7, 11) is 2.06. The van der Waals surface area contributed by atoms with Crippen LogP contribution in [-0.4, -0.2) is 48.2 Å². The van der Waals surface area contributed by atoms with Crippen LogP contribution < -0.4 is 5.32 Å². The average molecular weight is 198 g/mol. The minimum Gasteiger partial charge on any atom is -0.481 e. The third kappa shape index (κ3) is 2.25. The van der Waals surface area contributed by atoms with Gasteiger partial charge in [-0.2, -0.15) is 0 Å². The zero-order chi connectivity index (χ0) is 10.1. The number of carboxylic acid groups (broad SMARTS) is 1. The molecule has 0 aromatic rings. The van der Waals surface area contributed by atoms with Crippen molar-refractivity contribution < 1.29 is 9.90 Å². The lowest BCUT2D eigenvalue weighted by Gasteiger charge is -2.35. The highest BCUT2D eigenvalue weighted by atomic mass is 16.4. The van der Waals surface area contributed by atoms with Gasteiger partial charge in [0.1, 0.15) is 0 Å². The van der Waals surface area contributed by atoms with E-state index in [-0.39, 0.29) is 12.0 Å². The number of carboxylic acids is 1. The van der Waals surface area contributed by atoms with Crippen LogP contribution in [0.3, 0.4) is 0 Å². The number of nitrogens with zero attached hydrogens (tertiary/aromatic N) is 1. The first-order valence-electron chi connectivity index (χ1n) is 5.34. The molecule has 0 spiro atoms. The molecule has 0 radical (unpaired) electrons. The zero-order valence-corrected chi connectivity index (χ0v) is 8.57. The van der Waals surface area contributed by atoms with Gasteiger partial charge in [0.15, 0.2) is 0 Å². The number of hydrogen-bond donors (Lipinski definition) is 2. The second-order valence-electron chi connectivity index (χ2n) is 4.54. The van der Waals surface area contributed by atoms with Crippen molar-refractivity contribution in [2.24, 2.45) is 5.92 Å². The van der Waals surface area contributed by atoms with Crippen molar-refractivity contribution >= 4 is 5.97 Å². The van der Waals surface area contributed by atoms with E-state index < -0.39 is 5.97 Å². The average Bonchev–Trinajstić information content (AvgIpc) is 2.87. The molecular weight excluding hydrogens is 180 g/mol. The fourth-order valence-corrected chi connectivity index (χ4v) is 2.13. The van der Waals surface area contributed by atoms with Crippen LogP contribution in [0.15, 0.2) is 0 Å². The summed E-state index contributed by atoms with van der Waals surface area (Å²) in [5.41, 5.74) is 0. The van der Waals surface area contributed by atoms with Crippen LogP contribution in [0.2, 0.25) is 0 Å². The molecule has 1 saturated heterocycles. The maximum absolute atomic E-state index is 11.0. The number of piperidine rings is 1. The molecule has 80 valence electrons. The van der Waals surface area contributed by atoms with Crippen molar-refractivity contribution in [2.75, 3.05) is 20.1 Å². The molecule has 0 aromatic carbocycles. The summed E-state index contributed by atoms with van der Waals surface area (Å²) >= 11 is 0. The molecule has 4 heteroatoms. The predicted molar refractivity (Wildman–Crippen MR) is 53.2 cm³/mol. The Bertz CT molecular complexity index is 226. The Morgan fingerprint density at radius 2 is 2.14 bits per heavy atom. The van der Waals surface area contributed by atoms with E-state index in [2.05, 4.69) is 17.3 Å². The SMILES string of the molecule is CN1CCC(C(=O)O)C(NC2CC2)C1. The highest BCUT2D eigenvalue weighted by Crippen LogP contribution is 2.24. The van der Waals surface area contributed by atoms with Crippen LogP contribution in [0, 0.1) is 5.92 Å². The summed E-state index contributed by atoms with van der Waals surface area (Å²) in [6, 6.07) is 0.743. The lowest BCUT2D eigenvalue weighted by atomic mass is 9.92. The quantitative estimate of drug-likeness (QED) is 0.677. The fourth-order valence-electron chi connectivity index (χ4n) is 2.13. The summed E-state index contributed by atoms with van der Waals surface area (Å²) < 4.78 is 0. The fraction of sp³-hybridized carbons (Fsp3) is 0.900. The van der Waals surface area contributed by atoms with Crippen molar-refractivity contribution in [3.05, 3.63) is 0 Å². The summed E-state index contributed by atoms with van der Waals surface area (Å²) in [5.74, 6) is -0.831. The molecule has 2 fully saturated rings. The molecule has 2 aliphatic rings. The second kappa shape index (κ2) is 3.87. The summed E-state index contributed by atoms with van der Waals surface area (Å²) in [4.78, 5) is 13.2. The van der Waals surface area contributed by atoms with Gasteiger partial charge in [0, 0.05) is 18.6 Å². The highest BCUT2D eigenvalue weighted by Gasteiger charge is 2.36. The normalized spacial score (nSPS) is 34.4. The van der Waals surface area contributed by atoms with Gasteiger partial charge in [0.25, 0.3) is 0 Å². The predicted octanol–water partition coefficient (Wildman–Crippen LogP) is 0.143.